The quantitative estimate of drug-likeness (QED) is 0.608. The molecular formula is C13H20N4OS. The standard InChI is InChI=1S/C13H20N4OS/c1-10-7-12(15-13(14-10)19-2)17-8-11(9-17)16-3-5-18-6-4-16/h7,11H,3-6,8-9H2,1-2H3. The first-order valence-corrected chi connectivity index (χ1v) is 7.95. The molecule has 3 heterocycles. The summed E-state index contributed by atoms with van der Waals surface area (Å²) >= 11 is 1.60. The lowest BCUT2D eigenvalue weighted by atomic mass is 10.1. The molecule has 0 atom stereocenters. The maximum Gasteiger partial charge on any atom is 0.189 e. The topological polar surface area (TPSA) is 41.5 Å². The average Bonchev–Trinajstić information content (AvgIpc) is 2.37. The van der Waals surface area contributed by atoms with E-state index in [1.54, 1.807) is 11.8 Å². The van der Waals surface area contributed by atoms with E-state index in [0.29, 0.717) is 6.04 Å². The lowest BCUT2D eigenvalue weighted by molar-refractivity contribution is 0.0104. The number of ether oxygens (including phenoxy) is 1. The maximum atomic E-state index is 5.40. The minimum Gasteiger partial charge on any atom is -0.379 e. The smallest absolute Gasteiger partial charge is 0.189 e. The van der Waals surface area contributed by atoms with Gasteiger partial charge in [-0.1, -0.05) is 11.8 Å². The van der Waals surface area contributed by atoms with Crippen LogP contribution in [-0.2, 0) is 4.74 Å². The van der Waals surface area contributed by atoms with Crippen LogP contribution in [0.25, 0.3) is 0 Å². The van der Waals surface area contributed by atoms with Gasteiger partial charge in [-0.15, -0.1) is 0 Å². The minimum atomic E-state index is 0.664. The van der Waals surface area contributed by atoms with E-state index in [4.69, 9.17) is 4.74 Å². The van der Waals surface area contributed by atoms with Crippen molar-refractivity contribution in [2.75, 3.05) is 50.5 Å². The summed E-state index contributed by atoms with van der Waals surface area (Å²) in [4.78, 5) is 13.9. The lowest BCUT2D eigenvalue weighted by Gasteiger charge is -2.47. The van der Waals surface area contributed by atoms with E-state index in [9.17, 15) is 0 Å². The normalized spacial score (nSPS) is 21.5. The van der Waals surface area contributed by atoms with Crippen LogP contribution in [-0.4, -0.2) is 66.6 Å². The SMILES string of the molecule is CSc1nc(C)cc(N2CC(N3CCOCC3)C2)n1. The largest absolute Gasteiger partial charge is 0.379 e. The second-order valence-electron chi connectivity index (χ2n) is 5.06. The average molecular weight is 280 g/mol. The predicted octanol–water partition coefficient (Wildman–Crippen LogP) is 1.03. The molecule has 104 valence electrons. The van der Waals surface area contributed by atoms with Crippen LogP contribution in [0.3, 0.4) is 0 Å². The molecule has 2 saturated heterocycles. The molecule has 0 unspecified atom stereocenters. The zero-order valence-corrected chi connectivity index (χ0v) is 12.3. The summed E-state index contributed by atoms with van der Waals surface area (Å²) in [6.45, 7) is 8.06. The van der Waals surface area contributed by atoms with Gasteiger partial charge in [0.15, 0.2) is 5.16 Å². The Labute approximate surface area is 118 Å². The monoisotopic (exact) mass is 280 g/mol. The fourth-order valence-corrected chi connectivity index (χ4v) is 3.01. The second kappa shape index (κ2) is 5.64. The first-order valence-electron chi connectivity index (χ1n) is 6.72. The van der Waals surface area contributed by atoms with E-state index in [1.165, 1.54) is 0 Å². The van der Waals surface area contributed by atoms with Gasteiger partial charge in [0.2, 0.25) is 0 Å². The van der Waals surface area contributed by atoms with Crippen LogP contribution >= 0.6 is 11.8 Å². The van der Waals surface area contributed by atoms with Crippen LogP contribution in [0.2, 0.25) is 0 Å². The van der Waals surface area contributed by atoms with Crippen molar-refractivity contribution in [2.45, 2.75) is 18.1 Å². The third kappa shape index (κ3) is 2.85. The van der Waals surface area contributed by atoms with Crippen molar-refractivity contribution in [3.8, 4) is 0 Å². The first kappa shape index (κ1) is 13.1. The van der Waals surface area contributed by atoms with Gasteiger partial charge in [-0.25, -0.2) is 9.97 Å². The van der Waals surface area contributed by atoms with E-state index in [0.717, 1.165) is 56.1 Å². The van der Waals surface area contributed by atoms with E-state index in [2.05, 4.69) is 25.8 Å². The van der Waals surface area contributed by atoms with Crippen molar-refractivity contribution in [3.63, 3.8) is 0 Å². The maximum absolute atomic E-state index is 5.40. The summed E-state index contributed by atoms with van der Waals surface area (Å²) in [6.07, 6.45) is 2.02. The van der Waals surface area contributed by atoms with Crippen molar-refractivity contribution in [1.29, 1.82) is 0 Å². The molecule has 1 aromatic rings. The van der Waals surface area contributed by atoms with Gasteiger partial charge in [0.05, 0.1) is 13.2 Å². The van der Waals surface area contributed by atoms with Gasteiger partial charge in [0, 0.05) is 44.0 Å². The van der Waals surface area contributed by atoms with E-state index in [-0.39, 0.29) is 0 Å². The molecule has 0 amide bonds. The Hall–Kier alpha value is -0.850. The van der Waals surface area contributed by atoms with Gasteiger partial charge in [-0.05, 0) is 13.2 Å². The molecule has 3 rings (SSSR count). The number of anilines is 1. The van der Waals surface area contributed by atoms with Crippen LogP contribution in [0.4, 0.5) is 5.82 Å². The Morgan fingerprint density at radius 3 is 2.68 bits per heavy atom. The molecule has 0 saturated carbocycles. The number of rotatable bonds is 3. The Balaban J connectivity index is 1.62. The number of aromatic nitrogens is 2. The molecule has 0 N–H and O–H groups in total. The summed E-state index contributed by atoms with van der Waals surface area (Å²) in [5.41, 5.74) is 1.05. The minimum absolute atomic E-state index is 0.664. The molecular weight excluding hydrogens is 260 g/mol. The van der Waals surface area contributed by atoms with E-state index < -0.39 is 0 Å². The highest BCUT2D eigenvalue weighted by atomic mass is 32.2. The van der Waals surface area contributed by atoms with Crippen molar-refractivity contribution in [3.05, 3.63) is 11.8 Å². The fraction of sp³-hybridized carbons (Fsp3) is 0.692. The number of hydrogen-bond donors (Lipinski definition) is 0. The number of morpholine rings is 1. The molecule has 2 aliphatic heterocycles. The molecule has 1 aromatic heterocycles. The van der Waals surface area contributed by atoms with Gasteiger partial charge >= 0.3 is 0 Å². The molecule has 2 fully saturated rings. The predicted molar refractivity (Wildman–Crippen MR) is 76.9 cm³/mol. The van der Waals surface area contributed by atoms with E-state index >= 15 is 0 Å². The molecule has 0 spiro atoms. The van der Waals surface area contributed by atoms with Gasteiger partial charge in [0.1, 0.15) is 5.82 Å². The number of thioether (sulfide) groups is 1. The third-order valence-corrected chi connectivity index (χ3v) is 4.30. The van der Waals surface area contributed by atoms with Gasteiger partial charge in [-0.3, -0.25) is 4.90 Å². The van der Waals surface area contributed by atoms with Crippen LogP contribution in [0.1, 0.15) is 5.69 Å². The van der Waals surface area contributed by atoms with Crippen LogP contribution in [0.15, 0.2) is 11.2 Å². The molecule has 0 bridgehead atoms. The highest BCUT2D eigenvalue weighted by Gasteiger charge is 2.33. The van der Waals surface area contributed by atoms with E-state index in [1.807, 2.05) is 13.2 Å². The molecule has 0 aliphatic carbocycles. The molecule has 5 nitrogen and oxygen atoms in total. The summed E-state index contributed by atoms with van der Waals surface area (Å²) in [6, 6.07) is 2.74. The molecule has 6 heteroatoms. The summed E-state index contributed by atoms with van der Waals surface area (Å²) in [7, 11) is 0. The first-order chi connectivity index (χ1) is 9.26. The van der Waals surface area contributed by atoms with Crippen molar-refractivity contribution in [2.24, 2.45) is 0 Å². The Bertz CT molecular complexity index is 444. The van der Waals surface area contributed by atoms with Crippen molar-refractivity contribution in [1.82, 2.24) is 14.9 Å². The zero-order chi connectivity index (χ0) is 13.2. The number of aryl methyl sites for hydroxylation is 1. The number of hydrogen-bond acceptors (Lipinski definition) is 6. The van der Waals surface area contributed by atoms with Crippen LogP contribution in [0, 0.1) is 6.92 Å². The second-order valence-corrected chi connectivity index (χ2v) is 5.83. The highest BCUT2D eigenvalue weighted by molar-refractivity contribution is 7.98. The molecule has 0 radical (unpaired) electrons. The van der Waals surface area contributed by atoms with Gasteiger partial charge in [0.25, 0.3) is 0 Å². The van der Waals surface area contributed by atoms with Crippen molar-refractivity contribution < 1.29 is 4.74 Å². The van der Waals surface area contributed by atoms with Crippen LogP contribution in [0.5, 0.6) is 0 Å². The Morgan fingerprint density at radius 2 is 2.00 bits per heavy atom. The highest BCUT2D eigenvalue weighted by Crippen LogP contribution is 2.24. The zero-order valence-electron chi connectivity index (χ0n) is 11.5. The summed E-state index contributed by atoms with van der Waals surface area (Å²) in [5.74, 6) is 1.07. The third-order valence-electron chi connectivity index (χ3n) is 3.75. The number of nitrogens with zero attached hydrogens (tertiary/aromatic N) is 4. The summed E-state index contributed by atoms with van der Waals surface area (Å²) < 4.78 is 5.40. The summed E-state index contributed by atoms with van der Waals surface area (Å²) in [5, 5.41) is 0.866. The lowest BCUT2D eigenvalue weighted by Crippen LogP contribution is -2.61. The van der Waals surface area contributed by atoms with Crippen molar-refractivity contribution >= 4 is 17.6 Å². The molecule has 19 heavy (non-hydrogen) atoms. The molecule has 2 aliphatic rings. The fourth-order valence-electron chi connectivity index (χ4n) is 2.59. The molecule has 0 aromatic carbocycles. The Kier molecular flexibility index (Phi) is 3.91. The van der Waals surface area contributed by atoms with Crippen LogP contribution < -0.4 is 4.90 Å². The van der Waals surface area contributed by atoms with Gasteiger partial charge < -0.3 is 9.64 Å². The van der Waals surface area contributed by atoms with Gasteiger partial charge in [-0.2, -0.15) is 0 Å². The Morgan fingerprint density at radius 1 is 1.26 bits per heavy atom.